The maximum atomic E-state index is 12.2. The minimum atomic E-state index is 0. The first-order valence-corrected chi connectivity index (χ1v) is 9.53. The molecule has 7 heteroatoms. The Kier molecular flexibility index (Phi) is 10.0. The lowest BCUT2D eigenvalue weighted by atomic mass is 9.72. The second-order valence-electron chi connectivity index (χ2n) is 7.55. The van der Waals surface area contributed by atoms with E-state index in [0.717, 1.165) is 45.1 Å². The van der Waals surface area contributed by atoms with Gasteiger partial charge < -0.3 is 15.0 Å². The molecule has 3 rings (SSSR count). The van der Waals surface area contributed by atoms with Crippen molar-refractivity contribution >= 4 is 30.7 Å². The van der Waals surface area contributed by atoms with Crippen LogP contribution in [-0.4, -0.2) is 74.2 Å². The second-order valence-corrected chi connectivity index (χ2v) is 7.55. The number of nitrogens with zero attached hydrogens (tertiary/aromatic N) is 2. The van der Waals surface area contributed by atoms with Gasteiger partial charge in [0, 0.05) is 38.7 Å². The normalized spacial score (nSPS) is 26.8. The molecule has 0 saturated carbocycles. The van der Waals surface area contributed by atoms with E-state index >= 15 is 0 Å². The van der Waals surface area contributed by atoms with Crippen LogP contribution in [0.4, 0.5) is 0 Å². The summed E-state index contributed by atoms with van der Waals surface area (Å²) in [5, 5.41) is 3.54. The molecule has 3 aliphatic rings. The predicted octanol–water partition coefficient (Wildman–Crippen LogP) is 2.32. The smallest absolute Gasteiger partial charge is 0.222 e. The quantitative estimate of drug-likeness (QED) is 0.725. The first kappa shape index (κ1) is 23.0. The summed E-state index contributed by atoms with van der Waals surface area (Å²) in [6.45, 7) is 9.91. The highest BCUT2D eigenvalue weighted by Gasteiger charge is 2.41. The molecule has 148 valence electrons. The van der Waals surface area contributed by atoms with Gasteiger partial charge in [-0.05, 0) is 64.1 Å². The summed E-state index contributed by atoms with van der Waals surface area (Å²) in [4.78, 5) is 16.9. The molecule has 0 aromatic heterocycles. The van der Waals surface area contributed by atoms with Crippen molar-refractivity contribution in [2.45, 2.75) is 51.5 Å². The Morgan fingerprint density at radius 3 is 2.64 bits per heavy atom. The van der Waals surface area contributed by atoms with Gasteiger partial charge in [0.05, 0.1) is 6.61 Å². The number of nitrogens with one attached hydrogen (secondary N) is 1. The van der Waals surface area contributed by atoms with Gasteiger partial charge in [0.1, 0.15) is 0 Å². The Hall–Kier alpha value is -0.0700. The number of rotatable bonds is 5. The van der Waals surface area contributed by atoms with Gasteiger partial charge in [0.15, 0.2) is 0 Å². The lowest BCUT2D eigenvalue weighted by Crippen LogP contribution is -2.55. The molecule has 0 aliphatic carbocycles. The Labute approximate surface area is 165 Å². The monoisotopic (exact) mass is 395 g/mol. The van der Waals surface area contributed by atoms with Crippen LogP contribution in [0.3, 0.4) is 0 Å². The maximum Gasteiger partial charge on any atom is 0.222 e. The third-order valence-electron chi connectivity index (χ3n) is 6.10. The third-order valence-corrected chi connectivity index (χ3v) is 6.10. The zero-order chi connectivity index (χ0) is 16.1. The van der Waals surface area contributed by atoms with Gasteiger partial charge in [0.25, 0.3) is 0 Å². The van der Waals surface area contributed by atoms with Crippen molar-refractivity contribution < 1.29 is 9.53 Å². The van der Waals surface area contributed by atoms with Crippen LogP contribution in [-0.2, 0) is 9.53 Å². The highest BCUT2D eigenvalue weighted by molar-refractivity contribution is 5.85. The number of piperidine rings is 3. The van der Waals surface area contributed by atoms with Gasteiger partial charge in [-0.15, -0.1) is 24.8 Å². The fourth-order valence-corrected chi connectivity index (χ4v) is 4.54. The molecule has 3 aliphatic heterocycles. The van der Waals surface area contributed by atoms with E-state index in [9.17, 15) is 4.79 Å². The lowest BCUT2D eigenvalue weighted by molar-refractivity contribution is -0.140. The van der Waals surface area contributed by atoms with Crippen LogP contribution in [0.1, 0.15) is 45.4 Å². The minimum absolute atomic E-state index is 0. The van der Waals surface area contributed by atoms with Crippen LogP contribution in [0.2, 0.25) is 0 Å². The van der Waals surface area contributed by atoms with Gasteiger partial charge in [0.2, 0.25) is 5.91 Å². The van der Waals surface area contributed by atoms with E-state index in [1.807, 2.05) is 6.92 Å². The number of hydrogen-bond acceptors (Lipinski definition) is 4. The summed E-state index contributed by atoms with van der Waals surface area (Å²) in [6, 6.07) is 0.736. The summed E-state index contributed by atoms with van der Waals surface area (Å²) in [5.74, 6) is 0.328. The van der Waals surface area contributed by atoms with E-state index in [0.29, 0.717) is 17.9 Å². The maximum absolute atomic E-state index is 12.2. The van der Waals surface area contributed by atoms with Crippen LogP contribution < -0.4 is 5.32 Å². The van der Waals surface area contributed by atoms with Crippen LogP contribution >= 0.6 is 24.8 Å². The molecule has 0 aromatic carbocycles. The molecule has 1 spiro atoms. The Bertz CT molecular complexity index is 398. The molecule has 3 fully saturated rings. The van der Waals surface area contributed by atoms with Crippen LogP contribution in [0.25, 0.3) is 0 Å². The SMILES string of the molecule is CCOCCN1CC2(CCC1=O)CCN(C1CCCNC1)CC2.Cl.Cl. The van der Waals surface area contributed by atoms with E-state index in [-0.39, 0.29) is 24.8 Å². The van der Waals surface area contributed by atoms with Crippen LogP contribution in [0, 0.1) is 5.41 Å². The number of likely N-dealkylation sites (tertiary alicyclic amines) is 2. The van der Waals surface area contributed by atoms with Crippen molar-refractivity contribution in [1.29, 1.82) is 0 Å². The average molecular weight is 396 g/mol. The molecule has 5 nitrogen and oxygen atoms in total. The van der Waals surface area contributed by atoms with E-state index in [4.69, 9.17) is 4.74 Å². The summed E-state index contributed by atoms with van der Waals surface area (Å²) >= 11 is 0. The lowest BCUT2D eigenvalue weighted by Gasteiger charge is -2.49. The standard InChI is InChI=1S/C18H33N3O2.2ClH/c1-2-23-13-12-21-15-18(6-5-17(21)22)7-10-20(11-8-18)16-4-3-9-19-14-16;;/h16,19H,2-15H2,1H3;2*1H. The highest BCUT2D eigenvalue weighted by atomic mass is 35.5. The number of carbonyl (C=O) groups excluding carboxylic acids is 1. The minimum Gasteiger partial charge on any atom is -0.380 e. The third kappa shape index (κ3) is 5.96. The van der Waals surface area contributed by atoms with Crippen LogP contribution in [0.5, 0.6) is 0 Å². The topological polar surface area (TPSA) is 44.8 Å². The second kappa shape index (κ2) is 10.9. The van der Waals surface area contributed by atoms with Crippen molar-refractivity contribution in [3.05, 3.63) is 0 Å². The number of carbonyl (C=O) groups is 1. The van der Waals surface area contributed by atoms with E-state index in [2.05, 4.69) is 15.1 Å². The molecule has 25 heavy (non-hydrogen) atoms. The average Bonchev–Trinajstić information content (AvgIpc) is 2.60. The largest absolute Gasteiger partial charge is 0.380 e. The molecule has 0 aromatic rings. The van der Waals surface area contributed by atoms with E-state index in [1.54, 1.807) is 0 Å². The number of halogens is 2. The van der Waals surface area contributed by atoms with Gasteiger partial charge in [-0.2, -0.15) is 0 Å². The number of amides is 1. The van der Waals surface area contributed by atoms with E-state index in [1.165, 1.54) is 45.3 Å². The molecule has 0 bridgehead atoms. The zero-order valence-electron chi connectivity index (χ0n) is 15.5. The molecule has 1 atom stereocenters. The first-order valence-electron chi connectivity index (χ1n) is 9.53. The van der Waals surface area contributed by atoms with Crippen molar-refractivity contribution in [2.75, 3.05) is 52.5 Å². The van der Waals surface area contributed by atoms with Crippen molar-refractivity contribution in [2.24, 2.45) is 5.41 Å². The summed E-state index contributed by atoms with van der Waals surface area (Å²) in [7, 11) is 0. The Morgan fingerprint density at radius 2 is 2.00 bits per heavy atom. The summed E-state index contributed by atoms with van der Waals surface area (Å²) in [6.07, 6.45) is 6.99. The number of ether oxygens (including phenoxy) is 1. The van der Waals surface area contributed by atoms with Gasteiger partial charge in [-0.3, -0.25) is 9.69 Å². The molecular formula is C18H35Cl2N3O2. The zero-order valence-corrected chi connectivity index (χ0v) is 17.1. The highest BCUT2D eigenvalue weighted by Crippen LogP contribution is 2.40. The molecule has 3 saturated heterocycles. The van der Waals surface area contributed by atoms with Gasteiger partial charge >= 0.3 is 0 Å². The predicted molar refractivity (Wildman–Crippen MR) is 106 cm³/mol. The molecule has 0 radical (unpaired) electrons. The van der Waals surface area contributed by atoms with Gasteiger partial charge in [-0.1, -0.05) is 0 Å². The molecule has 1 unspecified atom stereocenters. The van der Waals surface area contributed by atoms with E-state index < -0.39 is 0 Å². The molecule has 1 amide bonds. The molecule has 3 heterocycles. The number of hydrogen-bond donors (Lipinski definition) is 1. The summed E-state index contributed by atoms with van der Waals surface area (Å²) in [5.41, 5.74) is 0.374. The fraction of sp³-hybridized carbons (Fsp3) is 0.944. The van der Waals surface area contributed by atoms with Gasteiger partial charge in [-0.25, -0.2) is 0 Å². The first-order chi connectivity index (χ1) is 11.2. The Morgan fingerprint density at radius 1 is 1.24 bits per heavy atom. The summed E-state index contributed by atoms with van der Waals surface area (Å²) < 4.78 is 5.45. The Balaban J connectivity index is 0.00000156. The van der Waals surface area contributed by atoms with Crippen LogP contribution in [0.15, 0.2) is 0 Å². The molecule has 1 N–H and O–H groups in total. The van der Waals surface area contributed by atoms with Crippen molar-refractivity contribution in [1.82, 2.24) is 15.1 Å². The molecular weight excluding hydrogens is 361 g/mol. The fourth-order valence-electron chi connectivity index (χ4n) is 4.54. The van der Waals surface area contributed by atoms with Crippen molar-refractivity contribution in [3.63, 3.8) is 0 Å². The van der Waals surface area contributed by atoms with Crippen molar-refractivity contribution in [3.8, 4) is 0 Å².